The lowest BCUT2D eigenvalue weighted by atomic mass is 10.1. The Morgan fingerprint density at radius 3 is 2.56 bits per heavy atom. The summed E-state index contributed by atoms with van der Waals surface area (Å²) >= 11 is 1.63. The van der Waals surface area contributed by atoms with Gasteiger partial charge < -0.3 is 11.1 Å². The molecule has 0 aliphatic carbocycles. The maximum absolute atomic E-state index is 5.65. The van der Waals surface area contributed by atoms with Crippen LogP contribution in [0.15, 0.2) is 29.6 Å². The molecule has 2 aromatic rings. The van der Waals surface area contributed by atoms with Gasteiger partial charge in [-0.05, 0) is 31.5 Å². The number of nitrogens with two attached hydrogens (primary N) is 1. The van der Waals surface area contributed by atoms with E-state index in [4.69, 9.17) is 5.73 Å². The second-order valence-corrected chi connectivity index (χ2v) is 4.68. The SMILES string of the molecule is Cc1csc(NC(C)c2ccc(N)cc2)n1. The van der Waals surface area contributed by atoms with E-state index in [1.54, 1.807) is 11.3 Å². The summed E-state index contributed by atoms with van der Waals surface area (Å²) in [6.45, 7) is 4.11. The molecule has 2 rings (SSSR count). The Kier molecular flexibility index (Phi) is 3.10. The lowest BCUT2D eigenvalue weighted by Crippen LogP contribution is -2.06. The van der Waals surface area contributed by atoms with E-state index in [2.05, 4.69) is 17.2 Å². The quantitative estimate of drug-likeness (QED) is 0.800. The van der Waals surface area contributed by atoms with Crippen molar-refractivity contribution >= 4 is 22.2 Å². The Bertz CT molecular complexity index is 461. The number of anilines is 2. The second-order valence-electron chi connectivity index (χ2n) is 3.83. The minimum atomic E-state index is 0.242. The molecular formula is C12H15N3S. The fraction of sp³-hybridized carbons (Fsp3) is 0.250. The average Bonchev–Trinajstić information content (AvgIpc) is 2.65. The molecule has 16 heavy (non-hydrogen) atoms. The zero-order valence-corrected chi connectivity index (χ0v) is 10.2. The summed E-state index contributed by atoms with van der Waals surface area (Å²) in [4.78, 5) is 4.38. The van der Waals surface area contributed by atoms with Gasteiger partial charge in [-0.25, -0.2) is 4.98 Å². The van der Waals surface area contributed by atoms with E-state index in [0.29, 0.717) is 0 Å². The molecule has 3 N–H and O–H groups in total. The lowest BCUT2D eigenvalue weighted by molar-refractivity contribution is 0.880. The molecule has 0 spiro atoms. The van der Waals surface area contributed by atoms with Gasteiger partial charge in [-0.1, -0.05) is 12.1 Å². The van der Waals surface area contributed by atoms with Gasteiger partial charge in [0.15, 0.2) is 5.13 Å². The van der Waals surface area contributed by atoms with Gasteiger partial charge in [0, 0.05) is 11.1 Å². The Labute approximate surface area is 99.3 Å². The average molecular weight is 233 g/mol. The van der Waals surface area contributed by atoms with Gasteiger partial charge in [0.2, 0.25) is 0 Å². The normalized spacial score (nSPS) is 12.4. The van der Waals surface area contributed by atoms with E-state index in [1.807, 2.05) is 36.6 Å². The molecular weight excluding hydrogens is 218 g/mol. The van der Waals surface area contributed by atoms with Crippen molar-refractivity contribution in [2.24, 2.45) is 0 Å². The largest absolute Gasteiger partial charge is 0.399 e. The minimum absolute atomic E-state index is 0.242. The van der Waals surface area contributed by atoms with Crippen molar-refractivity contribution in [2.45, 2.75) is 19.9 Å². The molecule has 0 bridgehead atoms. The van der Waals surface area contributed by atoms with Crippen LogP contribution in [0.5, 0.6) is 0 Å². The van der Waals surface area contributed by atoms with E-state index in [-0.39, 0.29) is 6.04 Å². The Morgan fingerprint density at radius 2 is 2.00 bits per heavy atom. The topological polar surface area (TPSA) is 50.9 Å². The molecule has 0 saturated heterocycles. The van der Waals surface area contributed by atoms with Crippen molar-refractivity contribution in [3.05, 3.63) is 40.9 Å². The number of benzene rings is 1. The molecule has 0 fully saturated rings. The molecule has 0 aliphatic heterocycles. The van der Waals surface area contributed by atoms with Crippen LogP contribution >= 0.6 is 11.3 Å². The van der Waals surface area contributed by atoms with E-state index in [0.717, 1.165) is 16.5 Å². The highest BCUT2D eigenvalue weighted by Gasteiger charge is 2.06. The van der Waals surface area contributed by atoms with Crippen molar-refractivity contribution in [2.75, 3.05) is 11.1 Å². The summed E-state index contributed by atoms with van der Waals surface area (Å²) < 4.78 is 0. The molecule has 1 unspecified atom stereocenters. The number of hydrogen-bond donors (Lipinski definition) is 2. The predicted octanol–water partition coefficient (Wildman–Crippen LogP) is 3.21. The van der Waals surface area contributed by atoms with E-state index < -0.39 is 0 Å². The maximum Gasteiger partial charge on any atom is 0.183 e. The van der Waals surface area contributed by atoms with Crippen LogP contribution < -0.4 is 11.1 Å². The van der Waals surface area contributed by atoms with Gasteiger partial charge in [-0.3, -0.25) is 0 Å². The zero-order valence-electron chi connectivity index (χ0n) is 9.40. The first-order valence-corrected chi connectivity index (χ1v) is 6.07. The van der Waals surface area contributed by atoms with Gasteiger partial charge in [0.25, 0.3) is 0 Å². The molecule has 1 atom stereocenters. The van der Waals surface area contributed by atoms with Crippen LogP contribution in [0.1, 0.15) is 24.2 Å². The standard InChI is InChI=1S/C12H15N3S/c1-8-7-16-12(14-8)15-9(2)10-3-5-11(13)6-4-10/h3-7,9H,13H2,1-2H3,(H,14,15). The molecule has 84 valence electrons. The summed E-state index contributed by atoms with van der Waals surface area (Å²) in [6.07, 6.45) is 0. The minimum Gasteiger partial charge on any atom is -0.399 e. The molecule has 0 radical (unpaired) electrons. The predicted molar refractivity (Wildman–Crippen MR) is 69.7 cm³/mol. The second kappa shape index (κ2) is 4.53. The first-order chi connectivity index (χ1) is 7.65. The third-order valence-electron chi connectivity index (χ3n) is 2.40. The zero-order chi connectivity index (χ0) is 11.5. The van der Waals surface area contributed by atoms with E-state index in [9.17, 15) is 0 Å². The molecule has 1 heterocycles. The summed E-state index contributed by atoms with van der Waals surface area (Å²) in [6, 6.07) is 8.15. The van der Waals surface area contributed by atoms with E-state index >= 15 is 0 Å². The Hall–Kier alpha value is -1.55. The smallest absolute Gasteiger partial charge is 0.183 e. The van der Waals surface area contributed by atoms with Gasteiger partial charge in [-0.15, -0.1) is 11.3 Å². The molecule has 4 heteroatoms. The van der Waals surface area contributed by atoms with Crippen molar-refractivity contribution in [1.29, 1.82) is 0 Å². The van der Waals surface area contributed by atoms with Crippen molar-refractivity contribution < 1.29 is 0 Å². The summed E-state index contributed by atoms with van der Waals surface area (Å²) in [5.41, 5.74) is 8.71. The van der Waals surface area contributed by atoms with Crippen LogP contribution in [0.25, 0.3) is 0 Å². The number of aryl methyl sites for hydroxylation is 1. The van der Waals surface area contributed by atoms with Crippen LogP contribution in [0.2, 0.25) is 0 Å². The number of hydrogen-bond acceptors (Lipinski definition) is 4. The molecule has 0 amide bonds. The van der Waals surface area contributed by atoms with Crippen molar-refractivity contribution in [1.82, 2.24) is 4.98 Å². The first kappa shape index (κ1) is 11.0. The Balaban J connectivity index is 2.08. The molecule has 0 aliphatic rings. The van der Waals surface area contributed by atoms with Crippen molar-refractivity contribution in [3.8, 4) is 0 Å². The number of nitrogen functional groups attached to an aromatic ring is 1. The van der Waals surface area contributed by atoms with Crippen LogP contribution in [0, 0.1) is 6.92 Å². The first-order valence-electron chi connectivity index (χ1n) is 5.19. The van der Waals surface area contributed by atoms with Crippen LogP contribution in [-0.2, 0) is 0 Å². The fourth-order valence-electron chi connectivity index (χ4n) is 1.47. The molecule has 1 aromatic heterocycles. The number of nitrogens with one attached hydrogen (secondary N) is 1. The van der Waals surface area contributed by atoms with Crippen LogP contribution in [0.4, 0.5) is 10.8 Å². The number of thiazole rings is 1. The molecule has 0 saturated carbocycles. The molecule has 1 aromatic carbocycles. The third kappa shape index (κ3) is 2.52. The maximum atomic E-state index is 5.65. The van der Waals surface area contributed by atoms with Gasteiger partial charge in [0.1, 0.15) is 0 Å². The highest BCUT2D eigenvalue weighted by atomic mass is 32.1. The van der Waals surface area contributed by atoms with Crippen LogP contribution in [-0.4, -0.2) is 4.98 Å². The summed E-state index contributed by atoms with van der Waals surface area (Å²) in [5, 5.41) is 6.36. The van der Waals surface area contributed by atoms with E-state index in [1.165, 1.54) is 5.56 Å². The monoisotopic (exact) mass is 233 g/mol. The van der Waals surface area contributed by atoms with Gasteiger partial charge >= 0.3 is 0 Å². The number of aromatic nitrogens is 1. The number of nitrogens with zero attached hydrogens (tertiary/aromatic N) is 1. The summed E-state index contributed by atoms with van der Waals surface area (Å²) in [7, 11) is 0. The summed E-state index contributed by atoms with van der Waals surface area (Å²) in [5.74, 6) is 0. The lowest BCUT2D eigenvalue weighted by Gasteiger charge is -2.13. The fourth-order valence-corrected chi connectivity index (χ4v) is 2.25. The highest BCUT2D eigenvalue weighted by molar-refractivity contribution is 7.13. The van der Waals surface area contributed by atoms with Crippen LogP contribution in [0.3, 0.4) is 0 Å². The molecule has 3 nitrogen and oxygen atoms in total. The number of rotatable bonds is 3. The van der Waals surface area contributed by atoms with Crippen molar-refractivity contribution in [3.63, 3.8) is 0 Å². The third-order valence-corrected chi connectivity index (χ3v) is 3.29. The Morgan fingerprint density at radius 1 is 1.31 bits per heavy atom. The van der Waals surface area contributed by atoms with Gasteiger partial charge in [0.05, 0.1) is 11.7 Å². The van der Waals surface area contributed by atoms with Gasteiger partial charge in [-0.2, -0.15) is 0 Å². The highest BCUT2D eigenvalue weighted by Crippen LogP contribution is 2.22.